The van der Waals surface area contributed by atoms with Crippen LogP contribution >= 0.6 is 0 Å². The Balaban J connectivity index is 1.63. The number of nitrogens with two attached hydrogens (primary N) is 1. The van der Waals surface area contributed by atoms with Crippen molar-refractivity contribution in [3.63, 3.8) is 0 Å². The lowest BCUT2D eigenvalue weighted by Crippen LogP contribution is -2.49. The maximum atomic E-state index is 14.9. The van der Waals surface area contributed by atoms with Gasteiger partial charge in [0.1, 0.15) is 30.6 Å². The van der Waals surface area contributed by atoms with Crippen LogP contribution in [0.3, 0.4) is 0 Å². The predicted molar refractivity (Wildman–Crippen MR) is 118 cm³/mol. The number of benzene rings is 1. The van der Waals surface area contributed by atoms with Crippen molar-refractivity contribution in [2.24, 2.45) is 5.73 Å². The summed E-state index contributed by atoms with van der Waals surface area (Å²) in [6.07, 6.45) is 3.51. The minimum Gasteiger partial charge on any atom is -0.485 e. The largest absolute Gasteiger partial charge is 0.485 e. The Bertz CT molecular complexity index is 1220. The summed E-state index contributed by atoms with van der Waals surface area (Å²) in [5, 5.41) is 2.64. The predicted octanol–water partition coefficient (Wildman–Crippen LogP) is 4.10. The highest BCUT2D eigenvalue weighted by atomic mass is 19.1. The molecule has 3 aromatic rings. The molecule has 0 bridgehead atoms. The smallest absolute Gasteiger partial charge is 0.270 e. The minimum atomic E-state index is -1.18. The molecule has 1 fully saturated rings. The van der Waals surface area contributed by atoms with E-state index in [9.17, 15) is 18.0 Å². The number of aryl methyl sites for hydroxylation is 2. The third-order valence-electron chi connectivity index (χ3n) is 5.78. The van der Waals surface area contributed by atoms with Crippen LogP contribution in [0.1, 0.15) is 58.6 Å². The van der Waals surface area contributed by atoms with E-state index in [4.69, 9.17) is 10.5 Å². The van der Waals surface area contributed by atoms with Gasteiger partial charge in [-0.15, -0.1) is 0 Å². The molecule has 0 spiro atoms. The fourth-order valence-electron chi connectivity index (χ4n) is 3.76. The summed E-state index contributed by atoms with van der Waals surface area (Å²) in [6, 6.07) is 4.46. The molecule has 0 radical (unpaired) electrons. The van der Waals surface area contributed by atoms with Crippen molar-refractivity contribution in [1.82, 2.24) is 14.7 Å². The molecule has 1 amide bonds. The zero-order valence-electron chi connectivity index (χ0n) is 18.8. The minimum absolute atomic E-state index is 0.0555. The van der Waals surface area contributed by atoms with Gasteiger partial charge >= 0.3 is 0 Å². The molecule has 2 aromatic heterocycles. The summed E-state index contributed by atoms with van der Waals surface area (Å²) >= 11 is 0. The number of fused-ring (bicyclic) bond motifs is 1. The van der Waals surface area contributed by atoms with Gasteiger partial charge in [0.2, 0.25) is 0 Å². The van der Waals surface area contributed by atoms with E-state index in [2.05, 4.69) is 10.3 Å². The Labute approximate surface area is 189 Å². The molecule has 0 saturated heterocycles. The van der Waals surface area contributed by atoms with Crippen LogP contribution in [0.4, 0.5) is 13.2 Å². The Morgan fingerprint density at radius 3 is 2.73 bits per heavy atom. The van der Waals surface area contributed by atoms with Crippen LogP contribution in [0.2, 0.25) is 0 Å². The molecule has 176 valence electrons. The summed E-state index contributed by atoms with van der Waals surface area (Å²) in [7, 11) is 0. The third kappa shape index (κ3) is 4.68. The average molecular weight is 461 g/mol. The number of nitrogens with zero attached hydrogens (tertiary/aromatic N) is 2. The van der Waals surface area contributed by atoms with Crippen LogP contribution in [0.5, 0.6) is 5.75 Å². The van der Waals surface area contributed by atoms with Crippen LogP contribution < -0.4 is 15.8 Å². The van der Waals surface area contributed by atoms with E-state index in [0.717, 1.165) is 18.4 Å². The number of carbonyl (C=O) groups excluding carboxylic acids is 1. The highest BCUT2D eigenvalue weighted by molar-refractivity contribution is 5.95. The second-order valence-corrected chi connectivity index (χ2v) is 9.08. The maximum absolute atomic E-state index is 14.9. The summed E-state index contributed by atoms with van der Waals surface area (Å²) < 4.78 is 49.6. The summed E-state index contributed by atoms with van der Waals surface area (Å²) in [6.45, 7) is 3.81. The molecule has 9 heteroatoms. The first kappa shape index (κ1) is 23.1. The van der Waals surface area contributed by atoms with Gasteiger partial charge in [-0.2, -0.15) is 0 Å². The molecule has 0 aliphatic heterocycles. The molecule has 3 N–H and O–H groups in total. The van der Waals surface area contributed by atoms with Crippen molar-refractivity contribution in [3.05, 3.63) is 64.1 Å². The summed E-state index contributed by atoms with van der Waals surface area (Å²) in [5.41, 5.74) is 6.74. The van der Waals surface area contributed by atoms with Crippen LogP contribution in [0.15, 0.2) is 24.4 Å². The van der Waals surface area contributed by atoms with Gasteiger partial charge < -0.3 is 15.8 Å². The molecule has 1 unspecified atom stereocenters. The van der Waals surface area contributed by atoms with Crippen LogP contribution in [-0.2, 0) is 6.61 Å². The zero-order chi connectivity index (χ0) is 23.9. The molecule has 4 rings (SSSR count). The Hall–Kier alpha value is -3.07. The standard InChI is InChI=1S/C24H27F3N4O2/c1-13-8-19(33-10-17-18(26)7-6-16(20(17)27)15-4-5-15)22-30-14(2)21(31(22)9-13)23(32)29-12-24(3,28)11-25/h6-9,15H,4-5,10-12,28H2,1-3H3,(H,29,32). The number of pyridine rings is 1. The van der Waals surface area contributed by atoms with Gasteiger partial charge in [0.25, 0.3) is 5.91 Å². The van der Waals surface area contributed by atoms with Crippen LogP contribution in [0.25, 0.3) is 5.65 Å². The number of carbonyl (C=O) groups is 1. The van der Waals surface area contributed by atoms with Crippen LogP contribution in [-0.4, -0.2) is 34.1 Å². The topological polar surface area (TPSA) is 81.6 Å². The molecule has 2 heterocycles. The first-order valence-corrected chi connectivity index (χ1v) is 10.8. The maximum Gasteiger partial charge on any atom is 0.270 e. The van der Waals surface area contributed by atoms with Gasteiger partial charge in [-0.25, -0.2) is 18.2 Å². The normalized spacial score (nSPS) is 15.5. The fourth-order valence-corrected chi connectivity index (χ4v) is 3.76. The molecule has 1 aliphatic carbocycles. The Morgan fingerprint density at radius 2 is 2.06 bits per heavy atom. The molecule has 1 aliphatic rings. The lowest BCUT2D eigenvalue weighted by molar-refractivity contribution is 0.0935. The van der Waals surface area contributed by atoms with Gasteiger partial charge in [0.05, 0.1) is 16.8 Å². The van der Waals surface area contributed by atoms with E-state index in [1.807, 2.05) is 0 Å². The number of ether oxygens (including phenoxy) is 1. The first-order valence-electron chi connectivity index (χ1n) is 10.8. The lowest BCUT2D eigenvalue weighted by atomic mass is 10.1. The molecule has 1 atom stereocenters. The molecule has 1 aromatic carbocycles. The quantitative estimate of drug-likeness (QED) is 0.530. The molecular formula is C24H27F3N4O2. The van der Waals surface area contributed by atoms with Gasteiger partial charge in [0, 0.05) is 12.7 Å². The Morgan fingerprint density at radius 1 is 1.33 bits per heavy atom. The van der Waals surface area contributed by atoms with E-state index < -0.39 is 29.8 Å². The first-order chi connectivity index (χ1) is 15.6. The van der Waals surface area contributed by atoms with Crippen molar-refractivity contribution in [1.29, 1.82) is 0 Å². The van der Waals surface area contributed by atoms with Gasteiger partial charge in [-0.05, 0) is 62.8 Å². The number of hydrogen-bond donors (Lipinski definition) is 2. The number of imidazole rings is 1. The number of hydrogen-bond acceptors (Lipinski definition) is 4. The van der Waals surface area contributed by atoms with Crippen LogP contribution in [0, 0.1) is 25.5 Å². The average Bonchev–Trinajstić information content (AvgIpc) is 3.54. The van der Waals surface area contributed by atoms with Crippen molar-refractivity contribution >= 4 is 11.6 Å². The number of aromatic nitrogens is 2. The van der Waals surface area contributed by atoms with Gasteiger partial charge in [0.15, 0.2) is 11.4 Å². The van der Waals surface area contributed by atoms with E-state index in [0.29, 0.717) is 22.7 Å². The summed E-state index contributed by atoms with van der Waals surface area (Å²) in [4.78, 5) is 17.2. The molecule has 6 nitrogen and oxygen atoms in total. The van der Waals surface area contributed by atoms with E-state index in [1.165, 1.54) is 19.1 Å². The Kier molecular flexibility index (Phi) is 6.09. The second kappa shape index (κ2) is 8.70. The molecule has 1 saturated carbocycles. The zero-order valence-corrected chi connectivity index (χ0v) is 18.8. The molecule has 33 heavy (non-hydrogen) atoms. The molecular weight excluding hydrogens is 433 g/mol. The van der Waals surface area contributed by atoms with E-state index >= 15 is 0 Å². The fraction of sp³-hybridized carbons (Fsp3) is 0.417. The highest BCUT2D eigenvalue weighted by Crippen LogP contribution is 2.42. The van der Waals surface area contributed by atoms with E-state index in [1.54, 1.807) is 30.5 Å². The van der Waals surface area contributed by atoms with Gasteiger partial charge in [-0.3, -0.25) is 9.20 Å². The number of nitrogens with one attached hydrogen (secondary N) is 1. The highest BCUT2D eigenvalue weighted by Gasteiger charge is 2.29. The third-order valence-corrected chi connectivity index (χ3v) is 5.78. The van der Waals surface area contributed by atoms with Gasteiger partial charge in [-0.1, -0.05) is 6.07 Å². The van der Waals surface area contributed by atoms with Crippen molar-refractivity contribution in [2.75, 3.05) is 13.2 Å². The summed E-state index contributed by atoms with van der Waals surface area (Å²) in [5.74, 6) is -1.27. The number of rotatable bonds is 8. The monoisotopic (exact) mass is 460 g/mol. The lowest BCUT2D eigenvalue weighted by Gasteiger charge is -2.20. The second-order valence-electron chi connectivity index (χ2n) is 9.08. The SMILES string of the molecule is Cc1cc(OCc2c(F)ccc(C3CC3)c2F)c2nc(C)c(C(=O)NCC(C)(N)CF)n2c1. The van der Waals surface area contributed by atoms with E-state index in [-0.39, 0.29) is 30.3 Å². The number of halogens is 3. The number of alkyl halides is 1. The number of amides is 1. The van der Waals surface area contributed by atoms with Crippen molar-refractivity contribution in [2.45, 2.75) is 51.7 Å². The van der Waals surface area contributed by atoms with Crippen molar-refractivity contribution in [3.8, 4) is 5.75 Å². The van der Waals surface area contributed by atoms with Crippen molar-refractivity contribution < 1.29 is 22.7 Å².